The van der Waals surface area contributed by atoms with Crippen LogP contribution in [-0.4, -0.2) is 48.6 Å². The van der Waals surface area contributed by atoms with E-state index in [0.717, 1.165) is 41.1 Å². The minimum atomic E-state index is 0.0334. The number of hydrogen-bond acceptors (Lipinski definition) is 4. The molecule has 1 aromatic heterocycles. The predicted molar refractivity (Wildman–Crippen MR) is 112 cm³/mol. The van der Waals surface area contributed by atoms with Gasteiger partial charge in [0.15, 0.2) is 6.61 Å². The van der Waals surface area contributed by atoms with Crippen molar-refractivity contribution < 1.29 is 9.53 Å². The fourth-order valence-corrected chi connectivity index (χ4v) is 3.61. The van der Waals surface area contributed by atoms with Gasteiger partial charge >= 0.3 is 0 Å². The molecule has 0 bridgehead atoms. The second kappa shape index (κ2) is 7.89. The zero-order chi connectivity index (χ0) is 19.5. The Hall–Kier alpha value is -3.08. The highest BCUT2D eigenvalue weighted by Gasteiger charge is 2.22. The summed E-state index contributed by atoms with van der Waals surface area (Å²) in [5, 5.41) is 1.14. The molecule has 4 rings (SSSR count). The summed E-state index contributed by atoms with van der Waals surface area (Å²) in [7, 11) is 0. The van der Waals surface area contributed by atoms with Crippen molar-refractivity contribution in [1.82, 2.24) is 9.88 Å². The third kappa shape index (κ3) is 3.93. The molecular weight excluding hydrogens is 350 g/mol. The van der Waals surface area contributed by atoms with Gasteiger partial charge in [0.2, 0.25) is 0 Å². The van der Waals surface area contributed by atoms with Gasteiger partial charge < -0.3 is 14.5 Å². The molecule has 0 N–H and O–H groups in total. The lowest BCUT2D eigenvalue weighted by Gasteiger charge is -2.35. The number of carbonyl (C=O) groups excluding carboxylic acids is 1. The highest BCUT2D eigenvalue weighted by molar-refractivity contribution is 5.80. The number of carbonyl (C=O) groups is 1. The fraction of sp³-hybridized carbons (Fsp3) is 0.304. The minimum absolute atomic E-state index is 0.0334. The molecule has 5 nitrogen and oxygen atoms in total. The SMILES string of the molecule is Cc1ccc(OCC(=O)N2CCN(c3ccc4ccccc4n3)CC2)c(C)c1. The van der Waals surface area contributed by atoms with Gasteiger partial charge in [-0.25, -0.2) is 4.98 Å². The van der Waals surface area contributed by atoms with Crippen LogP contribution >= 0.6 is 0 Å². The molecule has 1 fully saturated rings. The quantitative estimate of drug-likeness (QED) is 0.699. The van der Waals surface area contributed by atoms with Crippen LogP contribution in [0.1, 0.15) is 11.1 Å². The molecule has 0 unspecified atom stereocenters. The Morgan fingerprint density at radius 1 is 1.00 bits per heavy atom. The van der Waals surface area contributed by atoms with Crippen molar-refractivity contribution in [3.8, 4) is 5.75 Å². The van der Waals surface area contributed by atoms with Crippen LogP contribution < -0.4 is 9.64 Å². The Balaban J connectivity index is 1.33. The summed E-state index contributed by atoms with van der Waals surface area (Å²) in [5.41, 5.74) is 3.25. The van der Waals surface area contributed by atoms with E-state index in [1.807, 2.05) is 49.1 Å². The maximum absolute atomic E-state index is 12.5. The van der Waals surface area contributed by atoms with Gasteiger partial charge in [-0.05, 0) is 43.7 Å². The molecule has 1 saturated heterocycles. The van der Waals surface area contributed by atoms with E-state index in [-0.39, 0.29) is 12.5 Å². The van der Waals surface area contributed by atoms with Crippen LogP contribution in [0.4, 0.5) is 5.82 Å². The Morgan fingerprint density at radius 3 is 2.57 bits per heavy atom. The van der Waals surface area contributed by atoms with Gasteiger partial charge in [-0.2, -0.15) is 0 Å². The lowest BCUT2D eigenvalue weighted by atomic mass is 10.1. The molecule has 0 aliphatic carbocycles. The van der Waals surface area contributed by atoms with E-state index >= 15 is 0 Å². The molecule has 3 aromatic rings. The van der Waals surface area contributed by atoms with Gasteiger partial charge in [-0.1, -0.05) is 35.9 Å². The molecule has 5 heteroatoms. The lowest BCUT2D eigenvalue weighted by molar-refractivity contribution is -0.133. The van der Waals surface area contributed by atoms with Gasteiger partial charge in [0.25, 0.3) is 5.91 Å². The zero-order valence-corrected chi connectivity index (χ0v) is 16.4. The summed E-state index contributed by atoms with van der Waals surface area (Å²) in [6.45, 7) is 7.06. The average molecular weight is 375 g/mol. The van der Waals surface area contributed by atoms with Gasteiger partial charge in [0.05, 0.1) is 5.52 Å². The van der Waals surface area contributed by atoms with E-state index < -0.39 is 0 Å². The maximum Gasteiger partial charge on any atom is 0.260 e. The number of aromatic nitrogens is 1. The smallest absolute Gasteiger partial charge is 0.260 e. The van der Waals surface area contributed by atoms with E-state index in [1.54, 1.807) is 0 Å². The summed E-state index contributed by atoms with van der Waals surface area (Å²) < 4.78 is 5.75. The Kier molecular flexibility index (Phi) is 5.15. The fourth-order valence-electron chi connectivity index (χ4n) is 3.61. The molecule has 1 aliphatic rings. The van der Waals surface area contributed by atoms with Crippen LogP contribution in [0.15, 0.2) is 54.6 Å². The number of anilines is 1. The first-order valence-corrected chi connectivity index (χ1v) is 9.69. The molecule has 28 heavy (non-hydrogen) atoms. The van der Waals surface area contributed by atoms with Crippen molar-refractivity contribution in [2.24, 2.45) is 0 Å². The van der Waals surface area contributed by atoms with E-state index in [2.05, 4.69) is 29.2 Å². The number of piperazine rings is 1. The topological polar surface area (TPSA) is 45.7 Å². The number of fused-ring (bicyclic) bond motifs is 1. The van der Waals surface area contributed by atoms with Crippen molar-refractivity contribution in [1.29, 1.82) is 0 Å². The van der Waals surface area contributed by atoms with Crippen LogP contribution in [0.5, 0.6) is 5.75 Å². The number of benzene rings is 2. The number of amides is 1. The minimum Gasteiger partial charge on any atom is -0.484 e. The predicted octanol–water partition coefficient (Wildman–Crippen LogP) is 3.58. The Labute approximate surface area is 165 Å². The molecule has 2 aromatic carbocycles. The van der Waals surface area contributed by atoms with Crippen LogP contribution in [0.2, 0.25) is 0 Å². The molecule has 144 valence electrons. The van der Waals surface area contributed by atoms with Gasteiger partial charge in [-0.3, -0.25) is 4.79 Å². The number of aryl methyl sites for hydroxylation is 2. The highest BCUT2D eigenvalue weighted by atomic mass is 16.5. The van der Waals surface area contributed by atoms with Gasteiger partial charge in [-0.15, -0.1) is 0 Å². The lowest BCUT2D eigenvalue weighted by Crippen LogP contribution is -2.50. The number of rotatable bonds is 4. The first-order chi connectivity index (χ1) is 13.6. The first kappa shape index (κ1) is 18.3. The van der Waals surface area contributed by atoms with Gasteiger partial charge in [0, 0.05) is 31.6 Å². The van der Waals surface area contributed by atoms with Crippen molar-refractivity contribution >= 4 is 22.6 Å². The largest absolute Gasteiger partial charge is 0.484 e. The normalized spacial score (nSPS) is 14.4. The Bertz CT molecular complexity index is 994. The molecule has 0 radical (unpaired) electrons. The summed E-state index contributed by atoms with van der Waals surface area (Å²) in [6.07, 6.45) is 0. The van der Waals surface area contributed by atoms with Crippen LogP contribution in [0, 0.1) is 13.8 Å². The van der Waals surface area contributed by atoms with E-state index in [0.29, 0.717) is 13.1 Å². The van der Waals surface area contributed by atoms with Crippen LogP contribution in [-0.2, 0) is 4.79 Å². The van der Waals surface area contributed by atoms with Crippen molar-refractivity contribution in [3.05, 3.63) is 65.7 Å². The molecule has 0 spiro atoms. The Morgan fingerprint density at radius 2 is 1.79 bits per heavy atom. The molecular formula is C23H25N3O2. The molecule has 0 atom stereocenters. The zero-order valence-electron chi connectivity index (χ0n) is 16.4. The third-order valence-corrected chi connectivity index (χ3v) is 5.22. The second-order valence-corrected chi connectivity index (χ2v) is 7.29. The van der Waals surface area contributed by atoms with Crippen LogP contribution in [0.25, 0.3) is 10.9 Å². The molecule has 2 heterocycles. The average Bonchev–Trinajstić information content (AvgIpc) is 2.72. The van der Waals surface area contributed by atoms with E-state index in [1.165, 1.54) is 5.56 Å². The van der Waals surface area contributed by atoms with Crippen molar-refractivity contribution in [3.63, 3.8) is 0 Å². The number of ether oxygens (including phenoxy) is 1. The number of pyridine rings is 1. The summed E-state index contributed by atoms with van der Waals surface area (Å²) in [4.78, 5) is 21.4. The summed E-state index contributed by atoms with van der Waals surface area (Å²) in [5.74, 6) is 1.78. The van der Waals surface area contributed by atoms with Crippen molar-refractivity contribution in [2.45, 2.75) is 13.8 Å². The highest BCUT2D eigenvalue weighted by Crippen LogP contribution is 2.20. The second-order valence-electron chi connectivity index (χ2n) is 7.29. The van der Waals surface area contributed by atoms with Crippen LogP contribution in [0.3, 0.4) is 0 Å². The number of hydrogen-bond donors (Lipinski definition) is 0. The third-order valence-electron chi connectivity index (χ3n) is 5.22. The summed E-state index contributed by atoms with van der Waals surface area (Å²) >= 11 is 0. The van der Waals surface area contributed by atoms with E-state index in [9.17, 15) is 4.79 Å². The number of nitrogens with zero attached hydrogens (tertiary/aromatic N) is 3. The summed E-state index contributed by atoms with van der Waals surface area (Å²) in [6, 6.07) is 18.3. The molecule has 1 amide bonds. The standard InChI is InChI=1S/C23H25N3O2/c1-17-7-9-21(18(2)15-17)28-16-23(27)26-13-11-25(12-14-26)22-10-8-19-5-3-4-6-20(19)24-22/h3-10,15H,11-14,16H2,1-2H3. The monoisotopic (exact) mass is 375 g/mol. The van der Waals surface area contributed by atoms with E-state index in [4.69, 9.17) is 9.72 Å². The van der Waals surface area contributed by atoms with Gasteiger partial charge in [0.1, 0.15) is 11.6 Å². The molecule has 0 saturated carbocycles. The van der Waals surface area contributed by atoms with Crippen molar-refractivity contribution in [2.75, 3.05) is 37.7 Å². The molecule has 1 aliphatic heterocycles. The first-order valence-electron chi connectivity index (χ1n) is 9.69. The number of para-hydroxylation sites is 1. The maximum atomic E-state index is 12.5.